The van der Waals surface area contributed by atoms with Gasteiger partial charge in [0.2, 0.25) is 16.0 Å². The number of piperidine rings is 2. The number of methoxy groups -OCH3 is 1. The zero-order valence-electron chi connectivity index (χ0n) is 31.0. The molecule has 7 rings (SSSR count). The fourth-order valence-electron chi connectivity index (χ4n) is 7.35. The topological polar surface area (TPSA) is 164 Å². The van der Waals surface area contributed by atoms with Crippen LogP contribution in [0.1, 0.15) is 43.7 Å². The Hall–Kier alpha value is -5.22. The van der Waals surface area contributed by atoms with Crippen molar-refractivity contribution in [1.29, 1.82) is 0 Å². The Labute approximate surface area is 329 Å². The molecule has 288 valence electrons. The van der Waals surface area contributed by atoms with Gasteiger partial charge in [-0.25, -0.2) is 18.2 Å². The molecule has 0 radical (unpaired) electrons. The number of sulfonamides is 1. The van der Waals surface area contributed by atoms with Gasteiger partial charge in [-0.05, 0) is 82.8 Å². The summed E-state index contributed by atoms with van der Waals surface area (Å²) in [5, 5.41) is 6.57. The molecule has 1 amide bonds. The molecule has 3 aromatic carbocycles. The molecular weight excluding hydrogens is 786 g/mol. The number of benzene rings is 3. The van der Waals surface area contributed by atoms with Crippen molar-refractivity contribution in [2.75, 3.05) is 59.8 Å². The molecular formula is C39H44BrN9O5S. The van der Waals surface area contributed by atoms with Gasteiger partial charge in [-0.1, -0.05) is 37.3 Å². The number of hydrogen-bond acceptors (Lipinski definition) is 12. The molecule has 2 fully saturated rings. The lowest BCUT2D eigenvalue weighted by molar-refractivity contribution is 0.0516. The van der Waals surface area contributed by atoms with Gasteiger partial charge in [-0.2, -0.15) is 4.98 Å². The highest BCUT2D eigenvalue weighted by atomic mass is 79.9. The number of nitrogens with zero attached hydrogens (tertiary/aromatic N) is 6. The zero-order chi connectivity index (χ0) is 38.6. The van der Waals surface area contributed by atoms with Crippen molar-refractivity contribution in [3.63, 3.8) is 0 Å². The van der Waals surface area contributed by atoms with Gasteiger partial charge in [0, 0.05) is 56.5 Å². The number of aromatic nitrogens is 4. The van der Waals surface area contributed by atoms with Crippen molar-refractivity contribution < 1.29 is 22.7 Å². The molecule has 55 heavy (non-hydrogen) atoms. The number of anilines is 6. The van der Waals surface area contributed by atoms with Gasteiger partial charge in [0.25, 0.3) is 0 Å². The summed E-state index contributed by atoms with van der Waals surface area (Å²) in [5.41, 5.74) is 5.86. The molecule has 3 N–H and O–H groups in total. The predicted octanol–water partition coefficient (Wildman–Crippen LogP) is 7.63. The average Bonchev–Trinajstić information content (AvgIpc) is 3.19. The van der Waals surface area contributed by atoms with Crippen LogP contribution in [0.5, 0.6) is 5.75 Å². The number of ether oxygens (including phenoxy) is 2. The molecule has 1 spiro atoms. The van der Waals surface area contributed by atoms with E-state index in [1.54, 1.807) is 31.6 Å². The van der Waals surface area contributed by atoms with Gasteiger partial charge < -0.3 is 29.9 Å². The van der Waals surface area contributed by atoms with E-state index in [-0.39, 0.29) is 23.8 Å². The number of hydrogen-bond donors (Lipinski definition) is 3. The van der Waals surface area contributed by atoms with Crippen molar-refractivity contribution in [2.45, 2.75) is 45.6 Å². The second kappa shape index (κ2) is 16.3. The fourth-order valence-corrected chi connectivity index (χ4v) is 8.21. The molecule has 16 heteroatoms. The Morgan fingerprint density at radius 2 is 1.65 bits per heavy atom. The number of carbonyl (C=O) groups is 1. The van der Waals surface area contributed by atoms with E-state index < -0.39 is 10.0 Å². The zero-order valence-corrected chi connectivity index (χ0v) is 33.4. The normalized spacial score (nSPS) is 15.5. The van der Waals surface area contributed by atoms with Crippen LogP contribution in [0.4, 0.5) is 39.3 Å². The number of halogens is 1. The lowest BCUT2D eigenvalue weighted by Gasteiger charge is -2.47. The van der Waals surface area contributed by atoms with E-state index in [0.717, 1.165) is 68.4 Å². The first-order chi connectivity index (χ1) is 26.5. The van der Waals surface area contributed by atoms with Crippen LogP contribution in [0.3, 0.4) is 0 Å². The predicted molar refractivity (Wildman–Crippen MR) is 218 cm³/mol. The summed E-state index contributed by atoms with van der Waals surface area (Å²) in [7, 11) is -1.99. The Morgan fingerprint density at radius 1 is 0.927 bits per heavy atom. The van der Waals surface area contributed by atoms with Crippen LogP contribution in [0.25, 0.3) is 11.0 Å². The maximum Gasteiger partial charge on any atom is 0.410 e. The maximum absolute atomic E-state index is 12.8. The van der Waals surface area contributed by atoms with Crippen LogP contribution in [0, 0.1) is 5.41 Å². The van der Waals surface area contributed by atoms with Crippen LogP contribution in [-0.4, -0.2) is 78.9 Å². The molecule has 5 aromatic rings. The van der Waals surface area contributed by atoms with Crippen molar-refractivity contribution >= 4 is 77.6 Å². The SMILES string of the molecule is CCc1cc(Nc2ncc(Br)c(Nc3ccc4nccnc4c3NS(C)(=O)=O)n2)c(OC)cc1N1CCC2(CCN(C(=O)OCc3ccccc3)CC2)CC1. The van der Waals surface area contributed by atoms with Crippen LogP contribution in [-0.2, 0) is 27.8 Å². The van der Waals surface area contributed by atoms with Gasteiger partial charge in [0.05, 0.1) is 40.4 Å². The first kappa shape index (κ1) is 38.1. The molecule has 0 unspecified atom stereocenters. The summed E-state index contributed by atoms with van der Waals surface area (Å²) in [6.07, 6.45) is 10.4. The number of likely N-dealkylation sites (tertiary alicyclic amines) is 1. The quantitative estimate of drug-likeness (QED) is 0.119. The Morgan fingerprint density at radius 3 is 2.36 bits per heavy atom. The second-order valence-electron chi connectivity index (χ2n) is 14.0. The highest BCUT2D eigenvalue weighted by Gasteiger charge is 2.39. The van der Waals surface area contributed by atoms with E-state index in [1.807, 2.05) is 35.2 Å². The summed E-state index contributed by atoms with van der Waals surface area (Å²) in [5.74, 6) is 1.37. The summed E-state index contributed by atoms with van der Waals surface area (Å²) in [4.78, 5) is 35.0. The number of amides is 1. The van der Waals surface area contributed by atoms with Crippen LogP contribution < -0.4 is 25.0 Å². The van der Waals surface area contributed by atoms with Crippen LogP contribution in [0.2, 0.25) is 0 Å². The largest absolute Gasteiger partial charge is 0.494 e. The van der Waals surface area contributed by atoms with E-state index in [4.69, 9.17) is 14.5 Å². The van der Waals surface area contributed by atoms with E-state index >= 15 is 0 Å². The minimum atomic E-state index is -3.64. The summed E-state index contributed by atoms with van der Waals surface area (Å²) in [6.45, 7) is 5.70. The summed E-state index contributed by atoms with van der Waals surface area (Å²) in [6, 6.07) is 17.4. The minimum Gasteiger partial charge on any atom is -0.494 e. The highest BCUT2D eigenvalue weighted by molar-refractivity contribution is 9.10. The monoisotopic (exact) mass is 829 g/mol. The van der Waals surface area contributed by atoms with Crippen molar-refractivity contribution in [2.24, 2.45) is 5.41 Å². The highest BCUT2D eigenvalue weighted by Crippen LogP contribution is 2.44. The second-order valence-corrected chi connectivity index (χ2v) is 16.6. The smallest absolute Gasteiger partial charge is 0.410 e. The third-order valence-corrected chi connectivity index (χ3v) is 11.6. The van der Waals surface area contributed by atoms with Gasteiger partial charge in [0.15, 0.2) is 0 Å². The third kappa shape index (κ3) is 8.86. The van der Waals surface area contributed by atoms with E-state index in [0.29, 0.717) is 51.8 Å². The van der Waals surface area contributed by atoms with Gasteiger partial charge in [-0.15, -0.1) is 0 Å². The number of carbonyl (C=O) groups excluding carboxylic acids is 1. The minimum absolute atomic E-state index is 0.219. The molecule has 2 aliphatic rings. The lowest BCUT2D eigenvalue weighted by Crippen LogP contribution is -2.48. The van der Waals surface area contributed by atoms with E-state index in [9.17, 15) is 13.2 Å². The Bertz CT molecular complexity index is 2280. The number of fused-ring (bicyclic) bond motifs is 1. The number of rotatable bonds is 11. The molecule has 4 heterocycles. The number of nitrogens with one attached hydrogen (secondary N) is 3. The lowest BCUT2D eigenvalue weighted by atomic mass is 9.71. The molecule has 0 bridgehead atoms. The number of aryl methyl sites for hydroxylation is 1. The van der Waals surface area contributed by atoms with Crippen molar-refractivity contribution in [3.8, 4) is 5.75 Å². The first-order valence-corrected chi connectivity index (χ1v) is 20.9. The Kier molecular flexibility index (Phi) is 11.2. The van der Waals surface area contributed by atoms with E-state index in [2.05, 4.69) is 70.2 Å². The molecule has 0 saturated carbocycles. The fraction of sp³-hybridized carbons (Fsp3) is 0.359. The van der Waals surface area contributed by atoms with Crippen LogP contribution >= 0.6 is 15.9 Å². The van der Waals surface area contributed by atoms with Crippen LogP contribution in [0.15, 0.2) is 77.7 Å². The van der Waals surface area contributed by atoms with Crippen molar-refractivity contribution in [3.05, 3.63) is 88.8 Å². The van der Waals surface area contributed by atoms with E-state index in [1.165, 1.54) is 11.8 Å². The Balaban J connectivity index is 1.03. The summed E-state index contributed by atoms with van der Waals surface area (Å²) >= 11 is 3.53. The maximum atomic E-state index is 12.8. The molecule has 0 atom stereocenters. The van der Waals surface area contributed by atoms with Gasteiger partial charge in [-0.3, -0.25) is 14.7 Å². The standard InChI is InChI=1S/C39H44BrN9O5S/c1-4-27-22-31(45-37-43-24-28(40)36(46-37)44-30-11-10-29-34(42-17-16-41-29)35(30)47-55(3,51)52)33(53-2)23-32(27)48-18-12-39(13-19-48)14-20-49(21-15-39)38(50)54-25-26-8-6-5-7-9-26/h5-11,16-17,22-24,47H,4,12-15,18-21,25H2,1-3H3,(H2,43,44,45,46). The summed E-state index contributed by atoms with van der Waals surface area (Å²) < 4.78 is 39.2. The molecule has 2 aromatic heterocycles. The molecule has 2 aliphatic heterocycles. The average molecular weight is 831 g/mol. The molecule has 14 nitrogen and oxygen atoms in total. The first-order valence-electron chi connectivity index (χ1n) is 18.2. The van der Waals surface area contributed by atoms with Crippen molar-refractivity contribution in [1.82, 2.24) is 24.8 Å². The van der Waals surface area contributed by atoms with Gasteiger partial charge >= 0.3 is 6.09 Å². The van der Waals surface area contributed by atoms with Gasteiger partial charge in [0.1, 0.15) is 23.7 Å². The molecule has 2 saturated heterocycles. The molecule has 0 aliphatic carbocycles. The third-order valence-electron chi connectivity index (χ3n) is 10.4.